The fourth-order valence-corrected chi connectivity index (χ4v) is 1.59. The van der Waals surface area contributed by atoms with E-state index in [1.165, 1.54) is 6.07 Å². The molecule has 1 atom stereocenters. The molecule has 0 aliphatic heterocycles. The van der Waals surface area contributed by atoms with E-state index in [0.717, 1.165) is 5.69 Å². The zero-order chi connectivity index (χ0) is 14.6. The first-order valence-electron chi connectivity index (χ1n) is 5.87. The standard InChI is InChI=1S/C13H18N2O4/c1-4-11(12(16)17)19-13(18)8-5-6-10(15(2)3)9(14)7-8/h5-7,11H,4,14H2,1-3H3,(H,16,17). The van der Waals surface area contributed by atoms with Crippen molar-refractivity contribution < 1.29 is 19.4 Å². The van der Waals surface area contributed by atoms with Crippen molar-refractivity contribution in [3.63, 3.8) is 0 Å². The van der Waals surface area contributed by atoms with Crippen molar-refractivity contribution in [2.75, 3.05) is 24.7 Å². The van der Waals surface area contributed by atoms with Crippen molar-refractivity contribution >= 4 is 23.3 Å². The predicted octanol–water partition coefficient (Wildman–Crippen LogP) is 1.35. The molecule has 0 radical (unpaired) electrons. The van der Waals surface area contributed by atoms with Gasteiger partial charge >= 0.3 is 11.9 Å². The second-order valence-corrected chi connectivity index (χ2v) is 4.31. The Labute approximate surface area is 111 Å². The molecular formula is C13H18N2O4. The van der Waals surface area contributed by atoms with Crippen molar-refractivity contribution in [1.29, 1.82) is 0 Å². The first kappa shape index (κ1) is 14.8. The molecule has 1 aromatic carbocycles. The lowest BCUT2D eigenvalue weighted by atomic mass is 10.1. The molecule has 6 nitrogen and oxygen atoms in total. The summed E-state index contributed by atoms with van der Waals surface area (Å²) in [5.41, 5.74) is 7.27. The number of nitrogens with two attached hydrogens (primary N) is 1. The number of benzene rings is 1. The second-order valence-electron chi connectivity index (χ2n) is 4.31. The average Bonchev–Trinajstić information content (AvgIpc) is 2.34. The van der Waals surface area contributed by atoms with Crippen LogP contribution < -0.4 is 10.6 Å². The van der Waals surface area contributed by atoms with Crippen LogP contribution in [0.1, 0.15) is 23.7 Å². The van der Waals surface area contributed by atoms with Gasteiger partial charge in [-0.25, -0.2) is 9.59 Å². The maximum absolute atomic E-state index is 11.8. The highest BCUT2D eigenvalue weighted by Gasteiger charge is 2.21. The number of hydrogen-bond acceptors (Lipinski definition) is 5. The Balaban J connectivity index is 2.89. The minimum atomic E-state index is -1.16. The van der Waals surface area contributed by atoms with Crippen LogP contribution in [0.2, 0.25) is 0 Å². The quantitative estimate of drug-likeness (QED) is 0.617. The van der Waals surface area contributed by atoms with Crippen LogP contribution in [-0.2, 0) is 9.53 Å². The summed E-state index contributed by atoms with van der Waals surface area (Å²) in [6, 6.07) is 4.72. The number of esters is 1. The Morgan fingerprint density at radius 1 is 1.42 bits per heavy atom. The van der Waals surface area contributed by atoms with Crippen LogP contribution in [-0.4, -0.2) is 37.2 Å². The van der Waals surface area contributed by atoms with Gasteiger partial charge in [0.25, 0.3) is 0 Å². The van der Waals surface area contributed by atoms with E-state index < -0.39 is 18.0 Å². The number of carbonyl (C=O) groups excluding carboxylic acids is 1. The highest BCUT2D eigenvalue weighted by molar-refractivity contribution is 5.93. The number of rotatable bonds is 5. The van der Waals surface area contributed by atoms with Crippen LogP contribution in [0.3, 0.4) is 0 Å². The van der Waals surface area contributed by atoms with Crippen molar-refractivity contribution in [2.24, 2.45) is 0 Å². The molecule has 0 aromatic heterocycles. The molecule has 1 rings (SSSR count). The molecule has 104 valence electrons. The van der Waals surface area contributed by atoms with Gasteiger partial charge in [-0.1, -0.05) is 6.92 Å². The zero-order valence-corrected chi connectivity index (χ0v) is 11.2. The van der Waals surface area contributed by atoms with Gasteiger partial charge in [-0.2, -0.15) is 0 Å². The molecule has 1 unspecified atom stereocenters. The molecule has 0 aliphatic rings. The van der Waals surface area contributed by atoms with Crippen LogP contribution in [0.25, 0.3) is 0 Å². The lowest BCUT2D eigenvalue weighted by Gasteiger charge is -2.16. The smallest absolute Gasteiger partial charge is 0.345 e. The van der Waals surface area contributed by atoms with E-state index >= 15 is 0 Å². The maximum Gasteiger partial charge on any atom is 0.345 e. The van der Waals surface area contributed by atoms with Crippen LogP contribution in [0.4, 0.5) is 11.4 Å². The summed E-state index contributed by atoms with van der Waals surface area (Å²) in [6.45, 7) is 1.63. The molecule has 0 amide bonds. The van der Waals surface area contributed by atoms with Gasteiger partial charge in [0.15, 0.2) is 6.10 Å². The minimum Gasteiger partial charge on any atom is -0.479 e. The Hall–Kier alpha value is -2.24. The average molecular weight is 266 g/mol. The Kier molecular flexibility index (Phi) is 4.74. The monoisotopic (exact) mass is 266 g/mol. The topological polar surface area (TPSA) is 92.9 Å². The van der Waals surface area contributed by atoms with Crippen LogP contribution >= 0.6 is 0 Å². The van der Waals surface area contributed by atoms with Gasteiger partial charge in [0.2, 0.25) is 0 Å². The second kappa shape index (κ2) is 6.08. The van der Waals surface area contributed by atoms with Gasteiger partial charge in [0.05, 0.1) is 16.9 Å². The van der Waals surface area contributed by atoms with E-state index in [4.69, 9.17) is 15.6 Å². The molecule has 0 saturated heterocycles. The third-order valence-electron chi connectivity index (χ3n) is 2.64. The van der Waals surface area contributed by atoms with E-state index in [-0.39, 0.29) is 12.0 Å². The predicted molar refractivity (Wildman–Crippen MR) is 72.3 cm³/mol. The number of hydrogen-bond donors (Lipinski definition) is 2. The van der Waals surface area contributed by atoms with Crippen LogP contribution in [0, 0.1) is 0 Å². The van der Waals surface area contributed by atoms with Crippen LogP contribution in [0.15, 0.2) is 18.2 Å². The number of anilines is 2. The number of aliphatic carboxylic acids is 1. The van der Waals surface area contributed by atoms with Gasteiger partial charge in [-0.05, 0) is 24.6 Å². The summed E-state index contributed by atoms with van der Waals surface area (Å²) in [7, 11) is 3.67. The van der Waals surface area contributed by atoms with Crippen molar-refractivity contribution in [3.8, 4) is 0 Å². The fraction of sp³-hybridized carbons (Fsp3) is 0.385. The molecule has 0 saturated carbocycles. The summed E-state index contributed by atoms with van der Waals surface area (Å²) >= 11 is 0. The summed E-state index contributed by atoms with van der Waals surface area (Å²) in [4.78, 5) is 24.4. The number of carbonyl (C=O) groups is 2. The zero-order valence-electron chi connectivity index (χ0n) is 11.2. The largest absolute Gasteiger partial charge is 0.479 e. The number of nitrogens with zero attached hydrogens (tertiary/aromatic N) is 1. The Morgan fingerprint density at radius 3 is 2.47 bits per heavy atom. The number of nitrogen functional groups attached to an aromatic ring is 1. The molecule has 0 fully saturated rings. The van der Waals surface area contributed by atoms with E-state index in [9.17, 15) is 9.59 Å². The maximum atomic E-state index is 11.8. The van der Waals surface area contributed by atoms with Gasteiger partial charge < -0.3 is 20.5 Å². The minimum absolute atomic E-state index is 0.215. The first-order valence-corrected chi connectivity index (χ1v) is 5.87. The third-order valence-corrected chi connectivity index (χ3v) is 2.64. The number of carboxylic acid groups (broad SMARTS) is 1. The summed E-state index contributed by atoms with van der Waals surface area (Å²) in [5.74, 6) is -1.85. The normalized spacial score (nSPS) is 11.7. The van der Waals surface area contributed by atoms with Gasteiger partial charge in [0, 0.05) is 14.1 Å². The molecule has 0 bridgehead atoms. The first-order chi connectivity index (χ1) is 8.86. The SMILES string of the molecule is CCC(OC(=O)c1ccc(N(C)C)c(N)c1)C(=O)O. The molecule has 0 aliphatic carbocycles. The van der Waals surface area contributed by atoms with E-state index in [0.29, 0.717) is 5.69 Å². The molecule has 0 heterocycles. The fourth-order valence-electron chi connectivity index (χ4n) is 1.59. The highest BCUT2D eigenvalue weighted by atomic mass is 16.6. The number of ether oxygens (including phenoxy) is 1. The van der Waals surface area contributed by atoms with Crippen LogP contribution in [0.5, 0.6) is 0 Å². The highest BCUT2D eigenvalue weighted by Crippen LogP contribution is 2.23. The molecule has 6 heteroatoms. The Bertz CT molecular complexity index is 486. The van der Waals surface area contributed by atoms with E-state index in [1.807, 2.05) is 19.0 Å². The summed E-state index contributed by atoms with van der Waals surface area (Å²) in [6.07, 6.45) is -0.922. The van der Waals surface area contributed by atoms with E-state index in [2.05, 4.69) is 0 Å². The lowest BCUT2D eigenvalue weighted by molar-refractivity contribution is -0.147. The molecule has 1 aromatic rings. The van der Waals surface area contributed by atoms with Gasteiger partial charge in [-0.3, -0.25) is 0 Å². The van der Waals surface area contributed by atoms with Gasteiger partial charge in [0.1, 0.15) is 0 Å². The van der Waals surface area contributed by atoms with E-state index in [1.54, 1.807) is 19.1 Å². The molecule has 3 N–H and O–H groups in total. The summed E-state index contributed by atoms with van der Waals surface area (Å²) in [5, 5.41) is 8.83. The van der Waals surface area contributed by atoms with Crippen molar-refractivity contribution in [1.82, 2.24) is 0 Å². The third kappa shape index (κ3) is 3.61. The molecule has 19 heavy (non-hydrogen) atoms. The summed E-state index contributed by atoms with van der Waals surface area (Å²) < 4.78 is 4.89. The van der Waals surface area contributed by atoms with Gasteiger partial charge in [-0.15, -0.1) is 0 Å². The molecule has 0 spiro atoms. The molecular weight excluding hydrogens is 248 g/mol. The number of carboxylic acids is 1. The lowest BCUT2D eigenvalue weighted by Crippen LogP contribution is -2.26. The Morgan fingerprint density at radius 2 is 2.05 bits per heavy atom. The van der Waals surface area contributed by atoms with Crippen molar-refractivity contribution in [3.05, 3.63) is 23.8 Å². The van der Waals surface area contributed by atoms with Crippen molar-refractivity contribution in [2.45, 2.75) is 19.4 Å².